The standard InChI is InChI=1S/C21H26N4O5/c1-13(2)20(28)24-10-8-23(9-11-24)12-14-4-3-5-15-18(14)30-21(29)25(15)16-6-7-17(26)22-19(16)27/h3-5,13,16H,6-12H2,1-2H3,(H,22,26,27). The number of piperazine rings is 1. The minimum absolute atomic E-state index is 0.00776. The van der Waals surface area contributed by atoms with Crippen molar-refractivity contribution < 1.29 is 18.8 Å². The third kappa shape index (κ3) is 3.77. The minimum Gasteiger partial charge on any atom is -0.407 e. The van der Waals surface area contributed by atoms with Crippen molar-refractivity contribution in [2.75, 3.05) is 26.2 Å². The monoisotopic (exact) mass is 414 g/mol. The third-order valence-corrected chi connectivity index (χ3v) is 5.81. The number of piperidine rings is 1. The van der Waals surface area contributed by atoms with Crippen LogP contribution >= 0.6 is 0 Å². The highest BCUT2D eigenvalue weighted by molar-refractivity contribution is 6.00. The van der Waals surface area contributed by atoms with Crippen molar-refractivity contribution in [3.05, 3.63) is 34.3 Å². The summed E-state index contributed by atoms with van der Waals surface area (Å²) in [5, 5.41) is 2.29. The minimum atomic E-state index is -0.753. The van der Waals surface area contributed by atoms with Crippen molar-refractivity contribution >= 4 is 28.8 Å². The molecular formula is C21H26N4O5. The van der Waals surface area contributed by atoms with Gasteiger partial charge < -0.3 is 9.32 Å². The maximum Gasteiger partial charge on any atom is 0.420 e. The summed E-state index contributed by atoms with van der Waals surface area (Å²) in [5.41, 5.74) is 1.88. The van der Waals surface area contributed by atoms with E-state index >= 15 is 0 Å². The fraction of sp³-hybridized carbons (Fsp3) is 0.524. The smallest absolute Gasteiger partial charge is 0.407 e. The molecule has 2 aliphatic rings. The number of amides is 3. The van der Waals surface area contributed by atoms with Crippen LogP contribution in [0.4, 0.5) is 0 Å². The van der Waals surface area contributed by atoms with Crippen molar-refractivity contribution in [3.8, 4) is 0 Å². The Labute approximate surface area is 173 Å². The van der Waals surface area contributed by atoms with Gasteiger partial charge in [0.05, 0.1) is 5.52 Å². The summed E-state index contributed by atoms with van der Waals surface area (Å²) in [6.07, 6.45) is 0.462. The predicted octanol–water partition coefficient (Wildman–Crippen LogP) is 0.872. The number of nitrogens with one attached hydrogen (secondary N) is 1. The highest BCUT2D eigenvalue weighted by Gasteiger charge is 2.32. The highest BCUT2D eigenvalue weighted by Crippen LogP contribution is 2.26. The van der Waals surface area contributed by atoms with Gasteiger partial charge >= 0.3 is 5.76 Å². The molecule has 3 heterocycles. The Morgan fingerprint density at radius 2 is 1.90 bits per heavy atom. The lowest BCUT2D eigenvalue weighted by Crippen LogP contribution is -2.49. The van der Waals surface area contributed by atoms with E-state index in [1.165, 1.54) is 4.57 Å². The molecule has 1 atom stereocenters. The van der Waals surface area contributed by atoms with Crippen LogP contribution in [0.15, 0.2) is 27.4 Å². The third-order valence-electron chi connectivity index (χ3n) is 5.81. The molecule has 0 saturated carbocycles. The van der Waals surface area contributed by atoms with Crippen LogP contribution in [0.3, 0.4) is 0 Å². The van der Waals surface area contributed by atoms with Gasteiger partial charge in [0, 0.05) is 50.6 Å². The Hall–Kier alpha value is -2.94. The van der Waals surface area contributed by atoms with Gasteiger partial charge in [0.1, 0.15) is 6.04 Å². The summed E-state index contributed by atoms with van der Waals surface area (Å²) in [5.74, 6) is -1.24. The number of oxazole rings is 1. The molecule has 160 valence electrons. The highest BCUT2D eigenvalue weighted by atomic mass is 16.4. The fourth-order valence-corrected chi connectivity index (χ4v) is 4.19. The van der Waals surface area contributed by atoms with Crippen LogP contribution < -0.4 is 11.1 Å². The Morgan fingerprint density at radius 1 is 1.17 bits per heavy atom. The number of para-hydroxylation sites is 1. The molecule has 9 heteroatoms. The van der Waals surface area contributed by atoms with Gasteiger partial charge in [-0.25, -0.2) is 4.79 Å². The summed E-state index contributed by atoms with van der Waals surface area (Å²) < 4.78 is 6.89. The number of hydrogen-bond donors (Lipinski definition) is 1. The molecule has 1 aromatic heterocycles. The number of carbonyl (C=O) groups is 3. The first-order valence-electron chi connectivity index (χ1n) is 10.3. The SMILES string of the molecule is CC(C)C(=O)N1CCN(Cc2cccc3c2oc(=O)n3C2CCC(=O)NC2=O)CC1. The lowest BCUT2D eigenvalue weighted by molar-refractivity contribution is -0.137. The van der Waals surface area contributed by atoms with E-state index in [0.29, 0.717) is 30.7 Å². The Morgan fingerprint density at radius 3 is 2.57 bits per heavy atom. The van der Waals surface area contributed by atoms with Gasteiger partial charge in [-0.1, -0.05) is 26.0 Å². The molecule has 1 unspecified atom stereocenters. The van der Waals surface area contributed by atoms with Crippen molar-refractivity contribution in [1.29, 1.82) is 0 Å². The van der Waals surface area contributed by atoms with Gasteiger partial charge in [-0.2, -0.15) is 0 Å². The van der Waals surface area contributed by atoms with E-state index in [2.05, 4.69) is 10.2 Å². The molecular weight excluding hydrogens is 388 g/mol. The number of fused-ring (bicyclic) bond motifs is 1. The fourth-order valence-electron chi connectivity index (χ4n) is 4.19. The van der Waals surface area contributed by atoms with E-state index in [-0.39, 0.29) is 30.6 Å². The average molecular weight is 414 g/mol. The molecule has 2 saturated heterocycles. The number of benzene rings is 1. The topological polar surface area (TPSA) is 105 Å². The molecule has 0 radical (unpaired) electrons. The van der Waals surface area contributed by atoms with Crippen molar-refractivity contribution in [2.45, 2.75) is 39.3 Å². The van der Waals surface area contributed by atoms with Crippen LogP contribution in [0.2, 0.25) is 0 Å². The number of nitrogens with zero attached hydrogens (tertiary/aromatic N) is 3. The molecule has 1 aromatic carbocycles. The molecule has 9 nitrogen and oxygen atoms in total. The second-order valence-electron chi connectivity index (χ2n) is 8.23. The summed E-state index contributed by atoms with van der Waals surface area (Å²) in [6.45, 7) is 7.24. The van der Waals surface area contributed by atoms with Gasteiger partial charge in [0.2, 0.25) is 17.7 Å². The van der Waals surface area contributed by atoms with Crippen LogP contribution in [0, 0.1) is 5.92 Å². The molecule has 0 aliphatic carbocycles. The molecule has 0 bridgehead atoms. The van der Waals surface area contributed by atoms with Crippen LogP contribution in [-0.4, -0.2) is 58.3 Å². The number of imide groups is 1. The average Bonchev–Trinajstić information content (AvgIpc) is 3.05. The zero-order chi connectivity index (χ0) is 21.4. The molecule has 0 spiro atoms. The maximum atomic E-state index is 12.6. The molecule has 2 aliphatic heterocycles. The number of aromatic nitrogens is 1. The molecule has 1 N–H and O–H groups in total. The van der Waals surface area contributed by atoms with Crippen LogP contribution in [0.25, 0.3) is 11.1 Å². The number of carbonyl (C=O) groups excluding carboxylic acids is 3. The zero-order valence-electron chi connectivity index (χ0n) is 17.2. The molecule has 30 heavy (non-hydrogen) atoms. The van der Waals surface area contributed by atoms with Gasteiger partial charge in [-0.3, -0.25) is 29.2 Å². The van der Waals surface area contributed by atoms with E-state index in [9.17, 15) is 19.2 Å². The number of rotatable bonds is 4. The van der Waals surface area contributed by atoms with Crippen LogP contribution in [0.5, 0.6) is 0 Å². The van der Waals surface area contributed by atoms with Crippen molar-refractivity contribution in [2.24, 2.45) is 5.92 Å². The summed E-state index contributed by atoms with van der Waals surface area (Å²) in [7, 11) is 0. The Kier molecular flexibility index (Phi) is 5.46. The first-order chi connectivity index (χ1) is 14.3. The van der Waals surface area contributed by atoms with Gasteiger partial charge in [-0.15, -0.1) is 0 Å². The van der Waals surface area contributed by atoms with E-state index in [0.717, 1.165) is 18.7 Å². The first kappa shape index (κ1) is 20.3. The lowest BCUT2D eigenvalue weighted by Gasteiger charge is -2.35. The first-order valence-corrected chi connectivity index (χ1v) is 10.3. The lowest BCUT2D eigenvalue weighted by atomic mass is 10.1. The molecule has 3 amide bonds. The molecule has 2 fully saturated rings. The maximum absolute atomic E-state index is 12.6. The van der Waals surface area contributed by atoms with E-state index in [4.69, 9.17) is 4.42 Å². The Bertz CT molecular complexity index is 1050. The predicted molar refractivity (Wildman–Crippen MR) is 109 cm³/mol. The van der Waals surface area contributed by atoms with E-state index in [1.54, 1.807) is 6.07 Å². The van der Waals surface area contributed by atoms with Crippen molar-refractivity contribution in [3.63, 3.8) is 0 Å². The second-order valence-corrected chi connectivity index (χ2v) is 8.23. The summed E-state index contributed by atoms with van der Waals surface area (Å²) >= 11 is 0. The summed E-state index contributed by atoms with van der Waals surface area (Å²) in [6, 6.07) is 4.75. The van der Waals surface area contributed by atoms with Gasteiger partial charge in [0.15, 0.2) is 5.58 Å². The second kappa shape index (κ2) is 8.06. The molecule has 4 rings (SSSR count). The van der Waals surface area contributed by atoms with Gasteiger partial charge in [0.25, 0.3) is 0 Å². The number of hydrogen-bond acceptors (Lipinski definition) is 6. The largest absolute Gasteiger partial charge is 0.420 e. The van der Waals surface area contributed by atoms with Crippen LogP contribution in [-0.2, 0) is 20.9 Å². The van der Waals surface area contributed by atoms with E-state index in [1.807, 2.05) is 30.9 Å². The zero-order valence-corrected chi connectivity index (χ0v) is 17.2. The van der Waals surface area contributed by atoms with E-state index < -0.39 is 17.7 Å². The van der Waals surface area contributed by atoms with Crippen LogP contribution in [0.1, 0.15) is 38.3 Å². The van der Waals surface area contributed by atoms with Crippen molar-refractivity contribution in [1.82, 2.24) is 19.7 Å². The molecule has 2 aromatic rings. The normalized spacial score (nSPS) is 20.8. The summed E-state index contributed by atoms with van der Waals surface area (Å²) in [4.78, 5) is 52.6. The van der Waals surface area contributed by atoms with Gasteiger partial charge in [-0.05, 0) is 12.5 Å². The quantitative estimate of drug-likeness (QED) is 0.745. The Balaban J connectivity index is 1.54.